The molecule has 0 aliphatic heterocycles. The van der Waals surface area contributed by atoms with Gasteiger partial charge in [0.1, 0.15) is 5.75 Å². The van der Waals surface area contributed by atoms with Gasteiger partial charge in [0, 0.05) is 0 Å². The van der Waals surface area contributed by atoms with Gasteiger partial charge in [0.25, 0.3) is 0 Å². The minimum absolute atomic E-state index is 0. The van der Waals surface area contributed by atoms with Crippen molar-refractivity contribution in [2.24, 2.45) is 0 Å². The summed E-state index contributed by atoms with van der Waals surface area (Å²) in [5.41, 5.74) is -0.692. The first-order valence-electron chi connectivity index (χ1n) is 2.99. The zero-order chi connectivity index (χ0) is 8.48. The van der Waals surface area contributed by atoms with Gasteiger partial charge in [-0.05, 0) is 12.1 Å². The maximum Gasteiger partial charge on any atom is 1.00 e. The van der Waals surface area contributed by atoms with Crippen LogP contribution >= 0.6 is 0 Å². The number of benzene rings is 1. The van der Waals surface area contributed by atoms with E-state index in [1.807, 2.05) is 0 Å². The van der Waals surface area contributed by atoms with Gasteiger partial charge in [-0.3, -0.25) is 0 Å². The van der Waals surface area contributed by atoms with E-state index in [0.717, 1.165) is 24.3 Å². The van der Waals surface area contributed by atoms with Crippen LogP contribution in [0, 0.1) is 0 Å². The van der Waals surface area contributed by atoms with Crippen LogP contribution in [0.25, 0.3) is 0 Å². The van der Waals surface area contributed by atoms with Gasteiger partial charge in [-0.25, -0.2) is 0 Å². The van der Waals surface area contributed by atoms with Gasteiger partial charge in [-0.15, -0.1) is 5.46 Å². The first-order chi connectivity index (χ1) is 5.00. The Kier molecular flexibility index (Phi) is 4.86. The summed E-state index contributed by atoms with van der Waals surface area (Å²) in [4.78, 5) is 0. The topological polar surface area (TPSA) is 20.2 Å². The van der Waals surface area contributed by atoms with E-state index < -0.39 is 12.4 Å². The van der Waals surface area contributed by atoms with Crippen molar-refractivity contribution in [1.82, 2.24) is 0 Å². The molecule has 1 rings (SSSR count). The molecule has 1 aromatic carbocycles. The van der Waals surface area contributed by atoms with Crippen LogP contribution in [0.2, 0.25) is 0 Å². The van der Waals surface area contributed by atoms with Gasteiger partial charge in [0.15, 0.2) is 0 Å². The van der Waals surface area contributed by atoms with Crippen LogP contribution in [0.5, 0.6) is 5.75 Å². The number of phenols is 1. The van der Waals surface area contributed by atoms with Gasteiger partial charge in [-0.2, -0.15) is 0 Å². The maximum atomic E-state index is 11.9. The second-order valence-corrected chi connectivity index (χ2v) is 2.17. The van der Waals surface area contributed by atoms with Crippen LogP contribution in [-0.4, -0.2) is 12.1 Å². The largest absolute Gasteiger partial charge is 1.00 e. The van der Waals surface area contributed by atoms with E-state index >= 15 is 0 Å². The van der Waals surface area contributed by atoms with Crippen LogP contribution in [0.1, 0.15) is 0 Å². The van der Waals surface area contributed by atoms with Crippen molar-refractivity contribution >= 4 is 12.4 Å². The van der Waals surface area contributed by atoms with Gasteiger partial charge in [-0.1, -0.05) is 12.1 Å². The molecule has 0 saturated heterocycles. The van der Waals surface area contributed by atoms with Crippen molar-refractivity contribution < 1.29 is 69.4 Å². The molecule has 0 fully saturated rings. The van der Waals surface area contributed by atoms with Crippen LogP contribution in [0.3, 0.4) is 0 Å². The van der Waals surface area contributed by atoms with E-state index in [4.69, 9.17) is 5.11 Å². The van der Waals surface area contributed by atoms with Crippen LogP contribution in [-0.2, 0) is 0 Å². The van der Waals surface area contributed by atoms with Gasteiger partial charge in [0.05, 0.1) is 0 Å². The predicted octanol–water partition coefficient (Wildman–Crippen LogP) is -1.55. The molecule has 0 atom stereocenters. The fourth-order valence-electron chi connectivity index (χ4n) is 0.693. The average molecular weight is 200 g/mol. The monoisotopic (exact) mass is 200 g/mol. The molecular formula is C6H5BF3KO. The first-order valence-corrected chi connectivity index (χ1v) is 2.99. The summed E-state index contributed by atoms with van der Waals surface area (Å²) in [5.74, 6) is -0.159. The van der Waals surface area contributed by atoms with Crippen LogP contribution in [0.4, 0.5) is 12.9 Å². The molecule has 1 aromatic rings. The Morgan fingerprint density at radius 1 is 1.00 bits per heavy atom. The number of aromatic hydroxyl groups is 1. The fraction of sp³-hybridized carbons (Fsp3) is 0. The summed E-state index contributed by atoms with van der Waals surface area (Å²) >= 11 is 0. The van der Waals surface area contributed by atoms with E-state index in [-0.39, 0.29) is 57.1 Å². The van der Waals surface area contributed by atoms with E-state index in [0.29, 0.717) is 0 Å². The summed E-state index contributed by atoms with van der Waals surface area (Å²) in [6, 6.07) is 3.75. The molecule has 0 aliphatic rings. The molecule has 0 spiro atoms. The minimum Gasteiger partial charge on any atom is -0.508 e. The Morgan fingerprint density at radius 2 is 1.42 bits per heavy atom. The standard InChI is InChI=1S/C6H5BF3O.K/c8-7(9,10)5-1-3-6(11)4-2-5;/h1-4,11H;/q-1;+1. The molecule has 0 radical (unpaired) electrons. The fourth-order valence-corrected chi connectivity index (χ4v) is 0.693. The van der Waals surface area contributed by atoms with E-state index in [1.54, 1.807) is 0 Å². The molecule has 60 valence electrons. The predicted molar refractivity (Wildman–Crippen MR) is 36.8 cm³/mol. The van der Waals surface area contributed by atoms with Crippen molar-refractivity contribution in [1.29, 1.82) is 0 Å². The Morgan fingerprint density at radius 3 is 1.75 bits per heavy atom. The van der Waals surface area contributed by atoms with Crippen molar-refractivity contribution in [3.8, 4) is 5.75 Å². The Balaban J connectivity index is 0.00000121. The minimum atomic E-state index is -4.93. The Hall–Kier alpha value is 0.511. The molecule has 0 heterocycles. The average Bonchev–Trinajstić information content (AvgIpc) is 1.86. The molecule has 1 nitrogen and oxygen atoms in total. The molecule has 6 heteroatoms. The zero-order valence-electron chi connectivity index (χ0n) is 6.47. The molecule has 12 heavy (non-hydrogen) atoms. The van der Waals surface area contributed by atoms with E-state index in [9.17, 15) is 12.9 Å². The van der Waals surface area contributed by atoms with Gasteiger partial charge in [0.2, 0.25) is 0 Å². The molecule has 0 aliphatic carbocycles. The summed E-state index contributed by atoms with van der Waals surface area (Å²) < 4.78 is 35.7. The molecule has 0 bridgehead atoms. The van der Waals surface area contributed by atoms with Crippen LogP contribution < -0.4 is 56.8 Å². The third-order valence-electron chi connectivity index (χ3n) is 1.27. The third-order valence-corrected chi connectivity index (χ3v) is 1.27. The molecule has 1 N–H and O–H groups in total. The molecule has 0 unspecified atom stereocenters. The Labute approximate surface area is 110 Å². The second-order valence-electron chi connectivity index (χ2n) is 2.17. The summed E-state index contributed by atoms with van der Waals surface area (Å²) in [7, 11) is 0. The Bertz CT molecular complexity index is 246. The maximum absolute atomic E-state index is 11.9. The summed E-state index contributed by atoms with van der Waals surface area (Å²) in [6.45, 7) is -4.93. The second kappa shape index (κ2) is 4.67. The normalized spacial score (nSPS) is 10.6. The van der Waals surface area contributed by atoms with Crippen molar-refractivity contribution in [3.63, 3.8) is 0 Å². The SMILES string of the molecule is Oc1ccc([B-](F)(F)F)cc1.[K+]. The van der Waals surface area contributed by atoms with Gasteiger partial charge < -0.3 is 18.1 Å². The van der Waals surface area contributed by atoms with E-state index in [1.165, 1.54) is 0 Å². The van der Waals surface area contributed by atoms with E-state index in [2.05, 4.69) is 0 Å². The number of halogens is 3. The number of hydrogen-bond donors (Lipinski definition) is 1. The third kappa shape index (κ3) is 3.49. The summed E-state index contributed by atoms with van der Waals surface area (Å²) in [6.07, 6.45) is 0. The summed E-state index contributed by atoms with van der Waals surface area (Å²) in [5, 5.41) is 8.66. The van der Waals surface area contributed by atoms with Crippen LogP contribution in [0.15, 0.2) is 24.3 Å². The van der Waals surface area contributed by atoms with Crippen molar-refractivity contribution in [2.75, 3.05) is 0 Å². The van der Waals surface area contributed by atoms with Crippen molar-refractivity contribution in [3.05, 3.63) is 24.3 Å². The number of rotatable bonds is 1. The molecule has 0 saturated carbocycles. The first kappa shape index (κ1) is 12.5. The molecule has 0 aromatic heterocycles. The van der Waals surface area contributed by atoms with Gasteiger partial charge >= 0.3 is 58.4 Å². The quantitative estimate of drug-likeness (QED) is 0.544. The van der Waals surface area contributed by atoms with Crippen molar-refractivity contribution in [2.45, 2.75) is 0 Å². The number of hydrogen-bond acceptors (Lipinski definition) is 1. The zero-order valence-corrected chi connectivity index (χ0v) is 9.59. The number of phenolic OH excluding ortho intramolecular Hbond substituents is 1. The molecule has 0 amide bonds. The smallest absolute Gasteiger partial charge is 0.508 e. The molecular weight excluding hydrogens is 195 g/mol.